The molecule has 1 atom stereocenters. The quantitative estimate of drug-likeness (QED) is 0.774. The average Bonchev–Trinajstić information content (AvgIpc) is 2.90. The molecule has 1 amide bonds. The standard InChI is InChI=1S/C19H14F2N2O2/c1-10-8-11-4-2-5-12-17(11)23(10)9-13(18(12)24)19(25)22-16-14(20)6-3-7-15(16)21/h2-7,9-10H,8H2,1H3,(H,22,25)/t10-/m1/s1. The van der Waals surface area contributed by atoms with E-state index in [-0.39, 0.29) is 11.6 Å². The molecule has 4 nitrogen and oxygen atoms in total. The third kappa shape index (κ3) is 2.33. The van der Waals surface area contributed by atoms with Crippen molar-refractivity contribution in [2.24, 2.45) is 0 Å². The Morgan fingerprint density at radius 2 is 1.84 bits per heavy atom. The summed E-state index contributed by atoms with van der Waals surface area (Å²) in [4.78, 5) is 25.2. The first-order chi connectivity index (χ1) is 12.0. The lowest BCUT2D eigenvalue weighted by molar-refractivity contribution is 0.102. The number of hydrogen-bond donors (Lipinski definition) is 1. The number of halogens is 2. The summed E-state index contributed by atoms with van der Waals surface area (Å²) in [6, 6.07) is 8.78. The van der Waals surface area contributed by atoms with Gasteiger partial charge in [0.25, 0.3) is 5.91 Å². The van der Waals surface area contributed by atoms with Crippen LogP contribution in [0.2, 0.25) is 0 Å². The van der Waals surface area contributed by atoms with Crippen LogP contribution in [0.5, 0.6) is 0 Å². The number of amides is 1. The van der Waals surface area contributed by atoms with E-state index in [1.165, 1.54) is 12.3 Å². The smallest absolute Gasteiger partial charge is 0.261 e. The van der Waals surface area contributed by atoms with E-state index in [2.05, 4.69) is 5.32 Å². The number of rotatable bonds is 2. The molecule has 0 saturated heterocycles. The number of hydrogen-bond acceptors (Lipinski definition) is 2. The molecule has 6 heteroatoms. The molecular formula is C19H14F2N2O2. The van der Waals surface area contributed by atoms with Gasteiger partial charge in [-0.2, -0.15) is 0 Å². The fraction of sp³-hybridized carbons (Fsp3) is 0.158. The van der Waals surface area contributed by atoms with Gasteiger partial charge in [0.15, 0.2) is 0 Å². The summed E-state index contributed by atoms with van der Waals surface area (Å²) >= 11 is 0. The number of para-hydroxylation sites is 2. The zero-order chi connectivity index (χ0) is 17.7. The molecule has 25 heavy (non-hydrogen) atoms. The monoisotopic (exact) mass is 340 g/mol. The first-order valence-corrected chi connectivity index (χ1v) is 7.89. The van der Waals surface area contributed by atoms with Crippen molar-refractivity contribution in [2.75, 3.05) is 5.32 Å². The van der Waals surface area contributed by atoms with Crippen LogP contribution in [-0.4, -0.2) is 10.5 Å². The number of pyridine rings is 1. The van der Waals surface area contributed by atoms with Gasteiger partial charge >= 0.3 is 0 Å². The van der Waals surface area contributed by atoms with Crippen molar-refractivity contribution in [3.8, 4) is 0 Å². The van der Waals surface area contributed by atoms with Gasteiger partial charge in [0.05, 0.1) is 5.52 Å². The number of carbonyl (C=O) groups excluding carboxylic acids is 1. The number of nitrogens with one attached hydrogen (secondary N) is 1. The topological polar surface area (TPSA) is 51.1 Å². The fourth-order valence-corrected chi connectivity index (χ4v) is 3.38. The molecule has 0 aliphatic carbocycles. The Kier molecular flexibility index (Phi) is 3.42. The van der Waals surface area contributed by atoms with Crippen LogP contribution >= 0.6 is 0 Å². The molecule has 1 aromatic heterocycles. The van der Waals surface area contributed by atoms with Gasteiger partial charge in [0.2, 0.25) is 5.43 Å². The highest BCUT2D eigenvalue weighted by atomic mass is 19.1. The highest BCUT2D eigenvalue weighted by Gasteiger charge is 2.25. The minimum Gasteiger partial charge on any atom is -0.343 e. The second-order valence-corrected chi connectivity index (χ2v) is 6.20. The molecule has 1 aliphatic rings. The third-order valence-electron chi connectivity index (χ3n) is 4.57. The van der Waals surface area contributed by atoms with Crippen LogP contribution in [0, 0.1) is 11.6 Å². The largest absolute Gasteiger partial charge is 0.343 e. The highest BCUT2D eigenvalue weighted by molar-refractivity contribution is 6.06. The predicted octanol–water partition coefficient (Wildman–Crippen LogP) is 3.65. The van der Waals surface area contributed by atoms with Crippen LogP contribution in [0.3, 0.4) is 0 Å². The maximum absolute atomic E-state index is 13.8. The summed E-state index contributed by atoms with van der Waals surface area (Å²) in [5, 5.41) is 2.61. The number of anilines is 1. The molecule has 2 aromatic carbocycles. The van der Waals surface area contributed by atoms with Crippen LogP contribution in [0.1, 0.15) is 28.9 Å². The van der Waals surface area contributed by atoms with Crippen molar-refractivity contribution in [3.05, 3.63) is 75.6 Å². The van der Waals surface area contributed by atoms with Crippen molar-refractivity contribution in [1.29, 1.82) is 0 Å². The van der Waals surface area contributed by atoms with Crippen LogP contribution < -0.4 is 10.7 Å². The van der Waals surface area contributed by atoms with Gasteiger partial charge < -0.3 is 9.88 Å². The van der Waals surface area contributed by atoms with E-state index in [0.29, 0.717) is 5.39 Å². The van der Waals surface area contributed by atoms with Crippen molar-refractivity contribution in [3.63, 3.8) is 0 Å². The SMILES string of the molecule is C[C@@H]1Cc2cccc3c(=O)c(C(=O)Nc4c(F)cccc4F)cn1c23. The number of carbonyl (C=O) groups is 1. The molecule has 0 saturated carbocycles. The van der Waals surface area contributed by atoms with Gasteiger partial charge in [-0.3, -0.25) is 9.59 Å². The van der Waals surface area contributed by atoms with Crippen molar-refractivity contribution in [1.82, 2.24) is 4.57 Å². The van der Waals surface area contributed by atoms with E-state index in [4.69, 9.17) is 0 Å². The second kappa shape index (κ2) is 5.51. The van der Waals surface area contributed by atoms with Crippen LogP contribution in [0.15, 0.2) is 47.4 Å². The Morgan fingerprint density at radius 3 is 2.56 bits per heavy atom. The Morgan fingerprint density at radius 1 is 1.16 bits per heavy atom. The summed E-state index contributed by atoms with van der Waals surface area (Å²) in [5.41, 5.74) is 0.718. The highest BCUT2D eigenvalue weighted by Crippen LogP contribution is 2.31. The van der Waals surface area contributed by atoms with Crippen molar-refractivity contribution < 1.29 is 13.6 Å². The van der Waals surface area contributed by atoms with Gasteiger partial charge in [0, 0.05) is 17.6 Å². The Labute approximate surface area is 141 Å². The van der Waals surface area contributed by atoms with E-state index < -0.39 is 28.7 Å². The van der Waals surface area contributed by atoms with Crippen molar-refractivity contribution >= 4 is 22.5 Å². The zero-order valence-electron chi connectivity index (χ0n) is 13.3. The lowest BCUT2D eigenvalue weighted by Gasteiger charge is -2.13. The molecule has 0 radical (unpaired) electrons. The summed E-state index contributed by atoms with van der Waals surface area (Å²) < 4.78 is 29.4. The van der Waals surface area contributed by atoms with Gasteiger partial charge in [0.1, 0.15) is 22.9 Å². The van der Waals surface area contributed by atoms with E-state index in [1.54, 1.807) is 12.1 Å². The Balaban J connectivity index is 1.85. The molecule has 0 unspecified atom stereocenters. The normalized spacial score (nSPS) is 15.6. The molecule has 0 bridgehead atoms. The van der Waals surface area contributed by atoms with E-state index >= 15 is 0 Å². The van der Waals surface area contributed by atoms with Gasteiger partial charge in [-0.05, 0) is 37.1 Å². The van der Waals surface area contributed by atoms with E-state index in [1.807, 2.05) is 17.6 Å². The van der Waals surface area contributed by atoms with E-state index in [0.717, 1.165) is 29.6 Å². The first-order valence-electron chi connectivity index (χ1n) is 7.89. The summed E-state index contributed by atoms with van der Waals surface area (Å²) in [7, 11) is 0. The summed E-state index contributed by atoms with van der Waals surface area (Å²) in [6.07, 6.45) is 2.24. The van der Waals surface area contributed by atoms with Crippen LogP contribution in [0.25, 0.3) is 10.9 Å². The molecule has 4 rings (SSSR count). The minimum atomic E-state index is -0.894. The Bertz CT molecular complexity index is 1070. The minimum absolute atomic E-state index is 0.0947. The number of benzene rings is 2. The average molecular weight is 340 g/mol. The first kappa shape index (κ1) is 15.5. The zero-order valence-corrected chi connectivity index (χ0v) is 13.3. The molecule has 2 heterocycles. The van der Waals surface area contributed by atoms with Crippen LogP contribution in [0.4, 0.5) is 14.5 Å². The van der Waals surface area contributed by atoms with Gasteiger partial charge in [-0.1, -0.05) is 18.2 Å². The van der Waals surface area contributed by atoms with Gasteiger partial charge in [-0.15, -0.1) is 0 Å². The molecule has 3 aromatic rings. The molecule has 0 spiro atoms. The number of nitrogens with zero attached hydrogens (tertiary/aromatic N) is 1. The van der Waals surface area contributed by atoms with E-state index in [9.17, 15) is 18.4 Å². The second-order valence-electron chi connectivity index (χ2n) is 6.20. The lowest BCUT2D eigenvalue weighted by atomic mass is 10.1. The summed E-state index contributed by atoms with van der Waals surface area (Å²) in [6.45, 7) is 1.99. The molecular weight excluding hydrogens is 326 g/mol. The fourth-order valence-electron chi connectivity index (χ4n) is 3.38. The molecule has 0 fully saturated rings. The van der Waals surface area contributed by atoms with Crippen molar-refractivity contribution in [2.45, 2.75) is 19.4 Å². The summed E-state index contributed by atoms with van der Waals surface area (Å²) in [5.74, 6) is -2.62. The number of aromatic nitrogens is 1. The molecule has 1 aliphatic heterocycles. The third-order valence-corrected chi connectivity index (χ3v) is 4.57. The maximum Gasteiger partial charge on any atom is 0.261 e. The van der Waals surface area contributed by atoms with Gasteiger partial charge in [-0.25, -0.2) is 8.78 Å². The molecule has 126 valence electrons. The Hall–Kier alpha value is -3.02. The van der Waals surface area contributed by atoms with Crippen LogP contribution in [-0.2, 0) is 6.42 Å². The maximum atomic E-state index is 13.8. The predicted molar refractivity (Wildman–Crippen MR) is 90.9 cm³/mol. The lowest BCUT2D eigenvalue weighted by Crippen LogP contribution is -2.24. The molecule has 1 N–H and O–H groups in total.